The highest BCUT2D eigenvalue weighted by molar-refractivity contribution is 6.35. The highest BCUT2D eigenvalue weighted by atomic mass is 35.5. The molecular weight excluding hydrogens is 212 g/mol. The number of rotatable bonds is 1. The van der Waals surface area contributed by atoms with Crippen molar-refractivity contribution in [3.05, 3.63) is 40.5 Å². The van der Waals surface area contributed by atoms with Gasteiger partial charge in [0.05, 0.1) is 16.1 Å². The van der Waals surface area contributed by atoms with Gasteiger partial charge in [-0.2, -0.15) is 0 Å². The molecule has 0 saturated heterocycles. The second kappa shape index (κ2) is 3.51. The van der Waals surface area contributed by atoms with E-state index in [2.05, 4.69) is 4.98 Å². The molecule has 2 rings (SSSR count). The largest absolute Gasteiger partial charge is 0.366 e. The van der Waals surface area contributed by atoms with Crippen molar-refractivity contribution in [3.63, 3.8) is 0 Å². The Bertz CT molecular complexity index is 552. The molecule has 0 saturated carbocycles. The van der Waals surface area contributed by atoms with Gasteiger partial charge < -0.3 is 5.73 Å². The summed E-state index contributed by atoms with van der Waals surface area (Å²) in [5.41, 5.74) is 7.27. The number of amides is 1. The highest BCUT2D eigenvalue weighted by Gasteiger charge is 2.05. The third-order valence-electron chi connectivity index (χ3n) is 2.17. The predicted octanol–water partition coefficient (Wildman–Crippen LogP) is 2.30. The summed E-state index contributed by atoms with van der Waals surface area (Å²) < 4.78 is 0. The van der Waals surface area contributed by atoms with E-state index in [1.165, 1.54) is 6.20 Å². The molecule has 3 nitrogen and oxygen atoms in total. The van der Waals surface area contributed by atoms with E-state index in [9.17, 15) is 4.79 Å². The van der Waals surface area contributed by atoms with Crippen LogP contribution in [0.2, 0.25) is 5.02 Å². The first kappa shape index (κ1) is 9.93. The Morgan fingerprint density at radius 1 is 1.40 bits per heavy atom. The van der Waals surface area contributed by atoms with E-state index in [-0.39, 0.29) is 0 Å². The quantitative estimate of drug-likeness (QED) is 0.802. The normalized spacial score (nSPS) is 10.5. The number of pyridine rings is 1. The van der Waals surface area contributed by atoms with E-state index in [1.807, 2.05) is 19.1 Å². The number of primary amides is 1. The molecule has 1 aromatic heterocycles. The number of fused-ring (bicyclic) bond motifs is 1. The maximum absolute atomic E-state index is 11.0. The van der Waals surface area contributed by atoms with Gasteiger partial charge in [-0.25, -0.2) is 0 Å². The average molecular weight is 221 g/mol. The fourth-order valence-corrected chi connectivity index (χ4v) is 1.81. The van der Waals surface area contributed by atoms with Crippen LogP contribution in [0.25, 0.3) is 10.9 Å². The summed E-state index contributed by atoms with van der Waals surface area (Å²) in [5.74, 6) is -0.484. The van der Waals surface area contributed by atoms with Gasteiger partial charge in [-0.3, -0.25) is 9.78 Å². The van der Waals surface area contributed by atoms with Crippen molar-refractivity contribution < 1.29 is 4.79 Å². The first-order valence-corrected chi connectivity index (χ1v) is 4.81. The van der Waals surface area contributed by atoms with E-state index in [4.69, 9.17) is 17.3 Å². The molecule has 0 spiro atoms. The van der Waals surface area contributed by atoms with Crippen molar-refractivity contribution >= 4 is 28.4 Å². The van der Waals surface area contributed by atoms with Crippen LogP contribution in [-0.2, 0) is 0 Å². The van der Waals surface area contributed by atoms with Gasteiger partial charge in [0.2, 0.25) is 5.91 Å². The molecule has 2 N–H and O–H groups in total. The Kier molecular flexibility index (Phi) is 2.32. The van der Waals surface area contributed by atoms with Crippen LogP contribution < -0.4 is 5.73 Å². The van der Waals surface area contributed by atoms with E-state index < -0.39 is 5.91 Å². The zero-order valence-electron chi connectivity index (χ0n) is 8.12. The molecule has 1 heterocycles. The number of hydrogen-bond donors (Lipinski definition) is 1. The lowest BCUT2D eigenvalue weighted by atomic mass is 10.1. The molecule has 1 amide bonds. The standard InChI is InChI=1S/C11H9ClN2O/c1-6-2-7-4-8(11(13)15)5-14-10(7)9(12)3-6/h2-5H,1H3,(H2,13,15). The number of aromatic nitrogens is 1. The van der Waals surface area contributed by atoms with Crippen molar-refractivity contribution in [1.29, 1.82) is 0 Å². The fourth-order valence-electron chi connectivity index (χ4n) is 1.48. The highest BCUT2D eigenvalue weighted by Crippen LogP contribution is 2.23. The van der Waals surface area contributed by atoms with Gasteiger partial charge in [0, 0.05) is 11.6 Å². The molecule has 0 fully saturated rings. The van der Waals surface area contributed by atoms with Crippen LogP contribution in [0.3, 0.4) is 0 Å². The van der Waals surface area contributed by atoms with Gasteiger partial charge in [0.15, 0.2) is 0 Å². The van der Waals surface area contributed by atoms with Crippen molar-refractivity contribution in [1.82, 2.24) is 4.98 Å². The van der Waals surface area contributed by atoms with Crippen LogP contribution in [0, 0.1) is 6.92 Å². The van der Waals surface area contributed by atoms with Crippen molar-refractivity contribution in [2.75, 3.05) is 0 Å². The van der Waals surface area contributed by atoms with Crippen molar-refractivity contribution in [2.45, 2.75) is 6.92 Å². The molecule has 15 heavy (non-hydrogen) atoms. The molecule has 4 heteroatoms. The van der Waals surface area contributed by atoms with Gasteiger partial charge in [0.25, 0.3) is 0 Å². The van der Waals surface area contributed by atoms with Crippen LogP contribution in [0.15, 0.2) is 24.4 Å². The maximum Gasteiger partial charge on any atom is 0.250 e. The van der Waals surface area contributed by atoms with Gasteiger partial charge in [-0.1, -0.05) is 11.6 Å². The molecule has 0 aliphatic heterocycles. The third kappa shape index (κ3) is 1.78. The number of carbonyl (C=O) groups excluding carboxylic acids is 1. The summed E-state index contributed by atoms with van der Waals surface area (Å²) >= 11 is 6.02. The lowest BCUT2D eigenvalue weighted by molar-refractivity contribution is 0.1000. The SMILES string of the molecule is Cc1cc(Cl)c2ncc(C(N)=O)cc2c1. The van der Waals surface area contributed by atoms with Crippen molar-refractivity contribution in [3.8, 4) is 0 Å². The molecule has 0 aliphatic rings. The average Bonchev–Trinajstić information content (AvgIpc) is 2.16. The molecule has 76 valence electrons. The molecule has 2 aromatic rings. The Labute approximate surface area is 91.9 Å². The number of carbonyl (C=O) groups is 1. The van der Waals surface area contributed by atoms with E-state index in [1.54, 1.807) is 6.07 Å². The molecule has 0 atom stereocenters. The minimum absolute atomic E-state index is 0.393. The van der Waals surface area contributed by atoms with Crippen LogP contribution in [0.5, 0.6) is 0 Å². The molecular formula is C11H9ClN2O. The summed E-state index contributed by atoms with van der Waals surface area (Å²) in [5, 5.41) is 1.41. The maximum atomic E-state index is 11.0. The summed E-state index contributed by atoms with van der Waals surface area (Å²) in [6, 6.07) is 5.45. The Balaban J connectivity index is 2.76. The minimum atomic E-state index is -0.484. The summed E-state index contributed by atoms with van der Waals surface area (Å²) in [6.07, 6.45) is 1.44. The smallest absolute Gasteiger partial charge is 0.250 e. The Hall–Kier alpha value is -1.61. The van der Waals surface area contributed by atoms with Crippen LogP contribution in [0.4, 0.5) is 0 Å². The monoisotopic (exact) mass is 220 g/mol. The van der Waals surface area contributed by atoms with Crippen LogP contribution in [0.1, 0.15) is 15.9 Å². The zero-order chi connectivity index (χ0) is 11.0. The Morgan fingerprint density at radius 3 is 2.80 bits per heavy atom. The van der Waals surface area contributed by atoms with Gasteiger partial charge >= 0.3 is 0 Å². The molecule has 0 aliphatic carbocycles. The second-order valence-corrected chi connectivity index (χ2v) is 3.81. The summed E-state index contributed by atoms with van der Waals surface area (Å²) in [6.45, 7) is 1.93. The second-order valence-electron chi connectivity index (χ2n) is 3.41. The van der Waals surface area contributed by atoms with Crippen molar-refractivity contribution in [2.24, 2.45) is 5.73 Å². The van der Waals surface area contributed by atoms with E-state index in [0.717, 1.165) is 10.9 Å². The third-order valence-corrected chi connectivity index (χ3v) is 2.45. The number of nitrogens with two attached hydrogens (primary N) is 1. The Morgan fingerprint density at radius 2 is 2.13 bits per heavy atom. The fraction of sp³-hybridized carbons (Fsp3) is 0.0909. The number of nitrogens with zero attached hydrogens (tertiary/aromatic N) is 1. The first-order chi connectivity index (χ1) is 7.08. The molecule has 0 radical (unpaired) electrons. The lowest BCUT2D eigenvalue weighted by Crippen LogP contribution is -2.11. The number of benzene rings is 1. The van der Waals surface area contributed by atoms with E-state index >= 15 is 0 Å². The molecule has 0 bridgehead atoms. The topological polar surface area (TPSA) is 56.0 Å². The number of aryl methyl sites for hydroxylation is 1. The summed E-state index contributed by atoms with van der Waals surface area (Å²) in [4.78, 5) is 15.1. The number of hydrogen-bond acceptors (Lipinski definition) is 2. The van der Waals surface area contributed by atoms with Gasteiger partial charge in [0.1, 0.15) is 0 Å². The van der Waals surface area contributed by atoms with Crippen LogP contribution in [-0.4, -0.2) is 10.9 Å². The van der Waals surface area contributed by atoms with Crippen LogP contribution >= 0.6 is 11.6 Å². The number of halogens is 1. The van der Waals surface area contributed by atoms with Gasteiger partial charge in [-0.15, -0.1) is 0 Å². The minimum Gasteiger partial charge on any atom is -0.366 e. The van der Waals surface area contributed by atoms with E-state index in [0.29, 0.717) is 16.1 Å². The first-order valence-electron chi connectivity index (χ1n) is 4.43. The van der Waals surface area contributed by atoms with Gasteiger partial charge in [-0.05, 0) is 30.7 Å². The zero-order valence-corrected chi connectivity index (χ0v) is 8.88. The predicted molar refractivity (Wildman–Crippen MR) is 60.0 cm³/mol. The summed E-state index contributed by atoms with van der Waals surface area (Å²) in [7, 11) is 0. The lowest BCUT2D eigenvalue weighted by Gasteiger charge is -2.03. The molecule has 0 unspecified atom stereocenters. The molecule has 1 aromatic carbocycles.